The molecule has 9 heteroatoms. The minimum Gasteiger partial charge on any atom is -0.423 e. The zero-order valence-corrected chi connectivity index (χ0v) is 21.9. The van der Waals surface area contributed by atoms with E-state index in [9.17, 15) is 17.8 Å². The first-order valence-corrected chi connectivity index (χ1v) is 13.3. The van der Waals surface area contributed by atoms with Crippen LogP contribution in [0.2, 0.25) is 0 Å². The molecule has 0 amide bonds. The van der Waals surface area contributed by atoms with E-state index >= 15 is 0 Å². The van der Waals surface area contributed by atoms with E-state index in [1.54, 1.807) is 18.2 Å². The predicted molar refractivity (Wildman–Crippen MR) is 132 cm³/mol. The van der Waals surface area contributed by atoms with Gasteiger partial charge in [0.15, 0.2) is 0 Å². The van der Waals surface area contributed by atoms with E-state index in [2.05, 4.69) is 67.8 Å². The van der Waals surface area contributed by atoms with Crippen molar-refractivity contribution in [2.75, 3.05) is 0 Å². The average Bonchev–Trinajstić information content (AvgIpc) is 2.65. The number of hydrogen-bond acceptors (Lipinski definition) is 4. The van der Waals surface area contributed by atoms with Crippen molar-refractivity contribution < 1.29 is 22.5 Å². The number of benzene rings is 2. The molecular formula is C19H17I3O5S. The molecule has 0 aromatic heterocycles. The molecule has 1 aliphatic carbocycles. The second kappa shape index (κ2) is 9.43. The second-order valence-corrected chi connectivity index (χ2v) is 11.4. The first-order chi connectivity index (χ1) is 13.2. The highest BCUT2D eigenvalue weighted by atomic mass is 127. The Morgan fingerprint density at radius 2 is 1.61 bits per heavy atom. The molecule has 0 heterocycles. The first-order valence-electron chi connectivity index (χ1n) is 8.65. The van der Waals surface area contributed by atoms with Crippen LogP contribution in [0.5, 0.6) is 5.75 Å². The summed E-state index contributed by atoms with van der Waals surface area (Å²) in [6.07, 6.45) is 4.81. The lowest BCUT2D eigenvalue weighted by molar-refractivity contribution is 0.0734. The first kappa shape index (κ1) is 22.7. The predicted octanol–water partition coefficient (Wildman–Crippen LogP) is 6.01. The van der Waals surface area contributed by atoms with Crippen LogP contribution in [0.25, 0.3) is 0 Å². The van der Waals surface area contributed by atoms with Gasteiger partial charge in [0.05, 0.1) is 10.5 Å². The number of carbonyl (C=O) groups excluding carboxylic acids is 1. The Bertz CT molecular complexity index is 991. The van der Waals surface area contributed by atoms with Crippen LogP contribution in [0.4, 0.5) is 0 Å². The largest absolute Gasteiger partial charge is 0.423 e. The van der Waals surface area contributed by atoms with Gasteiger partial charge in [-0.3, -0.25) is 4.55 Å². The van der Waals surface area contributed by atoms with Crippen molar-refractivity contribution in [3.05, 3.63) is 52.2 Å². The lowest BCUT2D eigenvalue weighted by Crippen LogP contribution is -2.14. The summed E-state index contributed by atoms with van der Waals surface area (Å²) in [6, 6.07) is 7.83. The quantitative estimate of drug-likeness (QED) is 0.137. The van der Waals surface area contributed by atoms with Gasteiger partial charge in [-0.15, -0.1) is 0 Å². The zero-order chi connectivity index (χ0) is 20.5. The molecule has 0 unspecified atom stereocenters. The summed E-state index contributed by atoms with van der Waals surface area (Å²) in [5.74, 6) is -0.0948. The Labute approximate surface area is 205 Å². The zero-order valence-electron chi connectivity index (χ0n) is 14.6. The molecule has 2 aromatic rings. The van der Waals surface area contributed by atoms with Crippen molar-refractivity contribution in [2.45, 2.75) is 42.9 Å². The van der Waals surface area contributed by atoms with E-state index in [1.807, 2.05) is 0 Å². The minimum atomic E-state index is -4.36. The molecule has 0 atom stereocenters. The number of esters is 1. The van der Waals surface area contributed by atoms with Gasteiger partial charge in [-0.25, -0.2) is 4.79 Å². The maximum Gasteiger partial charge on any atom is 0.343 e. The Kier molecular flexibility index (Phi) is 7.64. The fraction of sp³-hybridized carbons (Fsp3) is 0.316. The molecule has 150 valence electrons. The van der Waals surface area contributed by atoms with Crippen LogP contribution in [-0.4, -0.2) is 18.9 Å². The van der Waals surface area contributed by atoms with Crippen molar-refractivity contribution in [3.63, 3.8) is 0 Å². The van der Waals surface area contributed by atoms with Gasteiger partial charge >= 0.3 is 5.97 Å². The fourth-order valence-corrected chi connectivity index (χ4v) is 6.19. The van der Waals surface area contributed by atoms with E-state index in [0.29, 0.717) is 11.3 Å². The van der Waals surface area contributed by atoms with E-state index in [-0.39, 0.29) is 16.4 Å². The number of ether oxygens (including phenoxy) is 1. The summed E-state index contributed by atoms with van der Waals surface area (Å²) >= 11 is 6.61. The summed E-state index contributed by atoms with van der Waals surface area (Å²) in [5, 5.41) is 0. The summed E-state index contributed by atoms with van der Waals surface area (Å²) in [7, 11) is -4.36. The van der Waals surface area contributed by atoms with Crippen LogP contribution in [0.3, 0.4) is 0 Å². The normalized spacial score (nSPS) is 15.4. The number of halogens is 3. The molecule has 0 spiro atoms. The van der Waals surface area contributed by atoms with Gasteiger partial charge < -0.3 is 4.74 Å². The average molecular weight is 738 g/mol. The molecule has 1 aliphatic rings. The smallest absolute Gasteiger partial charge is 0.343 e. The van der Waals surface area contributed by atoms with Crippen LogP contribution < -0.4 is 4.74 Å². The highest BCUT2D eigenvalue weighted by Gasteiger charge is 2.25. The molecule has 0 saturated heterocycles. The lowest BCUT2D eigenvalue weighted by Gasteiger charge is -2.24. The van der Waals surface area contributed by atoms with Crippen LogP contribution in [0, 0.1) is 10.7 Å². The van der Waals surface area contributed by atoms with Gasteiger partial charge in [-0.2, -0.15) is 8.42 Å². The molecule has 1 saturated carbocycles. The third-order valence-corrected chi connectivity index (χ3v) is 10.6. The molecule has 2 aromatic carbocycles. The van der Waals surface area contributed by atoms with Crippen LogP contribution in [0.15, 0.2) is 35.2 Å². The Morgan fingerprint density at radius 3 is 2.18 bits per heavy atom. The van der Waals surface area contributed by atoms with Gasteiger partial charge in [0, 0.05) is 10.7 Å². The second-order valence-electron chi connectivity index (χ2n) is 6.65. The van der Waals surface area contributed by atoms with E-state index in [0.717, 1.165) is 42.8 Å². The van der Waals surface area contributed by atoms with Gasteiger partial charge in [0.2, 0.25) is 0 Å². The SMILES string of the molecule is O=C(Oc1cc(I)c(I)c(I)c1)c1ccc(S(=O)(=O)O)c(C2CCCCC2)c1. The molecule has 1 fully saturated rings. The van der Waals surface area contributed by atoms with Gasteiger partial charge in [0.1, 0.15) is 5.75 Å². The standard InChI is InChI=1S/C19H17I3O5S/c20-15-9-13(10-16(21)18(15)22)27-19(23)12-6-7-17(28(24,25)26)14(8-12)11-4-2-1-3-5-11/h6-11H,1-5H2,(H,24,25,26). The van der Waals surface area contributed by atoms with Crippen molar-refractivity contribution in [1.82, 2.24) is 0 Å². The number of hydrogen-bond donors (Lipinski definition) is 1. The van der Waals surface area contributed by atoms with Gasteiger partial charge in [-0.1, -0.05) is 19.3 Å². The molecule has 28 heavy (non-hydrogen) atoms. The monoisotopic (exact) mass is 738 g/mol. The van der Waals surface area contributed by atoms with Gasteiger partial charge in [-0.05, 0) is 122 Å². The molecule has 0 bridgehead atoms. The van der Waals surface area contributed by atoms with Crippen molar-refractivity contribution >= 4 is 83.9 Å². The summed E-state index contributed by atoms with van der Waals surface area (Å²) in [6.45, 7) is 0. The molecule has 1 N–H and O–H groups in total. The van der Waals surface area contributed by atoms with Crippen molar-refractivity contribution in [1.29, 1.82) is 0 Å². The van der Waals surface area contributed by atoms with Crippen LogP contribution in [-0.2, 0) is 10.1 Å². The Morgan fingerprint density at radius 1 is 1.00 bits per heavy atom. The van der Waals surface area contributed by atoms with Crippen molar-refractivity contribution in [2.24, 2.45) is 0 Å². The highest BCUT2D eigenvalue weighted by Crippen LogP contribution is 2.36. The number of carbonyl (C=O) groups is 1. The number of rotatable bonds is 4. The summed E-state index contributed by atoms with van der Waals surface area (Å²) in [4.78, 5) is 12.6. The highest BCUT2D eigenvalue weighted by molar-refractivity contribution is 14.1. The van der Waals surface area contributed by atoms with Crippen LogP contribution in [0.1, 0.15) is 53.9 Å². The Hall–Kier alpha value is 0.01000. The lowest BCUT2D eigenvalue weighted by atomic mass is 9.83. The molecule has 5 nitrogen and oxygen atoms in total. The third-order valence-electron chi connectivity index (χ3n) is 4.74. The Balaban J connectivity index is 1.94. The van der Waals surface area contributed by atoms with E-state index in [1.165, 1.54) is 12.1 Å². The topological polar surface area (TPSA) is 80.7 Å². The van der Waals surface area contributed by atoms with E-state index in [4.69, 9.17) is 4.74 Å². The maximum absolute atomic E-state index is 12.7. The summed E-state index contributed by atoms with van der Waals surface area (Å²) in [5.41, 5.74) is 0.778. The molecule has 3 rings (SSSR count). The molecule has 0 aliphatic heterocycles. The minimum absolute atomic E-state index is 0.0126. The van der Waals surface area contributed by atoms with E-state index < -0.39 is 16.1 Å². The van der Waals surface area contributed by atoms with Gasteiger partial charge in [0.25, 0.3) is 10.1 Å². The van der Waals surface area contributed by atoms with Crippen LogP contribution >= 0.6 is 67.8 Å². The molecular weight excluding hydrogens is 721 g/mol. The fourth-order valence-electron chi connectivity index (χ4n) is 3.40. The van der Waals surface area contributed by atoms with Crippen molar-refractivity contribution in [3.8, 4) is 5.75 Å². The maximum atomic E-state index is 12.7. The molecule has 0 radical (unpaired) electrons. The third kappa shape index (κ3) is 5.38. The summed E-state index contributed by atoms with van der Waals surface area (Å²) < 4.78 is 41.8.